The van der Waals surface area contributed by atoms with Crippen LogP contribution in [0, 0.1) is 0 Å². The topological polar surface area (TPSA) is 58.6 Å². The minimum Gasteiger partial charge on any atom is -0.381 e. The molecule has 0 amide bonds. The third-order valence-electron chi connectivity index (χ3n) is 3.47. The van der Waals surface area contributed by atoms with E-state index in [-0.39, 0.29) is 11.3 Å². The summed E-state index contributed by atoms with van der Waals surface area (Å²) in [6, 6.07) is 0.0948. The molecule has 1 unspecified atom stereocenters. The Morgan fingerprint density at radius 2 is 2.00 bits per heavy atom. The van der Waals surface area contributed by atoms with Crippen LogP contribution in [0.4, 0.5) is 0 Å². The fourth-order valence-electron chi connectivity index (χ4n) is 2.13. The van der Waals surface area contributed by atoms with Gasteiger partial charge in [0.1, 0.15) is 0 Å². The van der Waals surface area contributed by atoms with Crippen LogP contribution in [0.5, 0.6) is 0 Å². The van der Waals surface area contributed by atoms with Crippen LogP contribution in [0.25, 0.3) is 0 Å². The van der Waals surface area contributed by atoms with Crippen molar-refractivity contribution >= 4 is 10.0 Å². The summed E-state index contributed by atoms with van der Waals surface area (Å²) in [7, 11) is -1.51. The van der Waals surface area contributed by atoms with Gasteiger partial charge in [-0.2, -0.15) is 0 Å². The molecule has 1 atom stereocenters. The minimum absolute atomic E-state index is 0.0948. The van der Waals surface area contributed by atoms with Crippen molar-refractivity contribution in [2.45, 2.75) is 44.4 Å². The molecule has 1 aliphatic heterocycles. The highest BCUT2D eigenvalue weighted by molar-refractivity contribution is 7.89. The fourth-order valence-corrected chi connectivity index (χ4v) is 3.65. The summed E-state index contributed by atoms with van der Waals surface area (Å²) in [6.07, 6.45) is 2.61. The van der Waals surface area contributed by atoms with Crippen molar-refractivity contribution in [3.05, 3.63) is 0 Å². The third-order valence-corrected chi connectivity index (χ3v) is 5.76. The third kappa shape index (κ3) is 4.19. The molecule has 0 saturated carbocycles. The van der Waals surface area contributed by atoms with Crippen LogP contribution >= 0.6 is 0 Å². The summed E-state index contributed by atoms with van der Waals surface area (Å²) < 4.78 is 31.6. The standard InChI is InChI=1S/C12H26N2O3S/c1-4-7-13-10-11(2)18(15,16)14(3)12-5-8-17-9-6-12/h11-13H,4-10H2,1-3H3. The van der Waals surface area contributed by atoms with Gasteiger partial charge in [-0.3, -0.25) is 0 Å². The van der Waals surface area contributed by atoms with Gasteiger partial charge in [-0.05, 0) is 32.7 Å². The van der Waals surface area contributed by atoms with Crippen molar-refractivity contribution in [3.63, 3.8) is 0 Å². The largest absolute Gasteiger partial charge is 0.381 e. The average molecular weight is 278 g/mol. The maximum Gasteiger partial charge on any atom is 0.217 e. The van der Waals surface area contributed by atoms with Gasteiger partial charge in [0.15, 0.2) is 0 Å². The quantitative estimate of drug-likeness (QED) is 0.700. The molecule has 0 aromatic carbocycles. The Bertz CT molecular complexity index is 326. The van der Waals surface area contributed by atoms with Crippen molar-refractivity contribution in [1.29, 1.82) is 0 Å². The van der Waals surface area contributed by atoms with E-state index in [1.165, 1.54) is 0 Å². The number of nitrogens with one attached hydrogen (secondary N) is 1. The lowest BCUT2D eigenvalue weighted by molar-refractivity contribution is 0.0630. The number of rotatable bonds is 7. The average Bonchev–Trinajstić information content (AvgIpc) is 2.39. The van der Waals surface area contributed by atoms with Crippen LogP contribution in [-0.2, 0) is 14.8 Å². The van der Waals surface area contributed by atoms with Crippen molar-refractivity contribution in [2.24, 2.45) is 0 Å². The summed E-state index contributed by atoms with van der Waals surface area (Å²) in [6.45, 7) is 6.54. The Labute approximate surface area is 111 Å². The van der Waals surface area contributed by atoms with Gasteiger partial charge in [0.2, 0.25) is 10.0 Å². The van der Waals surface area contributed by atoms with Gasteiger partial charge < -0.3 is 10.1 Å². The first-order chi connectivity index (χ1) is 8.50. The van der Waals surface area contributed by atoms with Gasteiger partial charge in [0.05, 0.1) is 5.25 Å². The predicted octanol–water partition coefficient (Wildman–Crippen LogP) is 0.815. The Morgan fingerprint density at radius 3 is 2.56 bits per heavy atom. The molecule has 108 valence electrons. The second kappa shape index (κ2) is 7.43. The van der Waals surface area contributed by atoms with Crippen molar-refractivity contribution in [3.8, 4) is 0 Å². The van der Waals surface area contributed by atoms with E-state index in [4.69, 9.17) is 4.74 Å². The van der Waals surface area contributed by atoms with Crippen molar-refractivity contribution < 1.29 is 13.2 Å². The highest BCUT2D eigenvalue weighted by Gasteiger charge is 2.31. The lowest BCUT2D eigenvalue weighted by atomic mass is 10.1. The van der Waals surface area contributed by atoms with Crippen LogP contribution in [0.2, 0.25) is 0 Å². The molecule has 1 rings (SSSR count). The van der Waals surface area contributed by atoms with Gasteiger partial charge in [-0.1, -0.05) is 6.92 Å². The molecule has 0 spiro atoms. The normalized spacial score (nSPS) is 20.2. The zero-order chi connectivity index (χ0) is 13.6. The lowest BCUT2D eigenvalue weighted by Gasteiger charge is -2.32. The zero-order valence-corrected chi connectivity index (χ0v) is 12.5. The summed E-state index contributed by atoms with van der Waals surface area (Å²) in [5.74, 6) is 0. The lowest BCUT2D eigenvalue weighted by Crippen LogP contribution is -2.46. The first-order valence-electron chi connectivity index (χ1n) is 6.75. The van der Waals surface area contributed by atoms with E-state index < -0.39 is 10.0 Å². The van der Waals surface area contributed by atoms with Crippen LogP contribution in [0.1, 0.15) is 33.1 Å². The number of ether oxygens (including phenoxy) is 1. The first kappa shape index (κ1) is 15.9. The molecule has 1 saturated heterocycles. The Kier molecular flexibility index (Phi) is 6.55. The first-order valence-corrected chi connectivity index (χ1v) is 8.25. The van der Waals surface area contributed by atoms with E-state index in [1.54, 1.807) is 18.3 Å². The zero-order valence-electron chi connectivity index (χ0n) is 11.7. The van der Waals surface area contributed by atoms with Gasteiger partial charge in [-0.25, -0.2) is 12.7 Å². The van der Waals surface area contributed by atoms with Gasteiger partial charge in [-0.15, -0.1) is 0 Å². The molecule has 0 radical (unpaired) electrons. The molecule has 1 N–H and O–H groups in total. The summed E-state index contributed by atoms with van der Waals surface area (Å²) >= 11 is 0. The van der Waals surface area contributed by atoms with Crippen molar-refractivity contribution in [2.75, 3.05) is 33.4 Å². The molecular formula is C12H26N2O3S. The van der Waals surface area contributed by atoms with Gasteiger partial charge in [0, 0.05) is 32.8 Å². The second-order valence-electron chi connectivity index (χ2n) is 4.92. The number of hydrogen-bond donors (Lipinski definition) is 1. The Hall–Kier alpha value is -0.170. The minimum atomic E-state index is -3.20. The molecule has 0 bridgehead atoms. The summed E-state index contributed by atoms with van der Waals surface area (Å²) in [5.41, 5.74) is 0. The molecule has 1 heterocycles. The Balaban J connectivity index is 2.54. The molecule has 6 heteroatoms. The van der Waals surface area contributed by atoms with E-state index >= 15 is 0 Å². The predicted molar refractivity (Wildman–Crippen MR) is 73.1 cm³/mol. The summed E-state index contributed by atoms with van der Waals surface area (Å²) in [4.78, 5) is 0. The molecule has 0 aliphatic carbocycles. The van der Waals surface area contributed by atoms with E-state index in [0.717, 1.165) is 25.8 Å². The maximum absolute atomic E-state index is 12.4. The highest BCUT2D eigenvalue weighted by Crippen LogP contribution is 2.18. The number of sulfonamides is 1. The molecular weight excluding hydrogens is 252 g/mol. The van der Waals surface area contributed by atoms with E-state index in [9.17, 15) is 8.42 Å². The molecule has 0 aromatic rings. The van der Waals surface area contributed by atoms with Crippen LogP contribution in [-0.4, -0.2) is 57.4 Å². The molecule has 1 fully saturated rings. The van der Waals surface area contributed by atoms with E-state index in [0.29, 0.717) is 19.8 Å². The monoisotopic (exact) mass is 278 g/mol. The van der Waals surface area contributed by atoms with Crippen LogP contribution < -0.4 is 5.32 Å². The van der Waals surface area contributed by atoms with Crippen LogP contribution in [0.3, 0.4) is 0 Å². The molecule has 1 aliphatic rings. The van der Waals surface area contributed by atoms with Crippen molar-refractivity contribution in [1.82, 2.24) is 9.62 Å². The fraction of sp³-hybridized carbons (Fsp3) is 1.00. The summed E-state index contributed by atoms with van der Waals surface area (Å²) in [5, 5.41) is 2.79. The highest BCUT2D eigenvalue weighted by atomic mass is 32.2. The maximum atomic E-state index is 12.4. The second-order valence-corrected chi connectivity index (χ2v) is 7.33. The SMILES string of the molecule is CCCNCC(C)S(=O)(=O)N(C)C1CCOCC1. The van der Waals surface area contributed by atoms with Crippen LogP contribution in [0.15, 0.2) is 0 Å². The molecule has 5 nitrogen and oxygen atoms in total. The Morgan fingerprint density at radius 1 is 1.39 bits per heavy atom. The van der Waals surface area contributed by atoms with Gasteiger partial charge >= 0.3 is 0 Å². The molecule has 18 heavy (non-hydrogen) atoms. The number of nitrogens with zero attached hydrogens (tertiary/aromatic N) is 1. The van der Waals surface area contributed by atoms with E-state index in [1.807, 2.05) is 0 Å². The van der Waals surface area contributed by atoms with E-state index in [2.05, 4.69) is 12.2 Å². The smallest absolute Gasteiger partial charge is 0.217 e. The molecule has 0 aromatic heterocycles. The number of hydrogen-bond acceptors (Lipinski definition) is 4. The van der Waals surface area contributed by atoms with Gasteiger partial charge in [0.25, 0.3) is 0 Å².